The number of carbonyl (C=O) groups is 1. The van der Waals surface area contributed by atoms with Crippen LogP contribution in [0.4, 0.5) is 0 Å². The molecule has 3 heterocycles. The molecule has 2 atom stereocenters. The number of morpholine rings is 1. The quantitative estimate of drug-likeness (QED) is 0.830. The maximum atomic E-state index is 12.2. The van der Waals surface area contributed by atoms with Crippen LogP contribution in [0.1, 0.15) is 43.9 Å². The first-order chi connectivity index (χ1) is 10.3. The molecule has 2 aliphatic heterocycles. The zero-order valence-electron chi connectivity index (χ0n) is 12.5. The predicted octanol–water partition coefficient (Wildman–Crippen LogP) is 0.170. The molecule has 2 unspecified atom stereocenters. The van der Waals surface area contributed by atoms with Gasteiger partial charge < -0.3 is 19.9 Å². The zero-order valence-corrected chi connectivity index (χ0v) is 12.5. The number of nitrogens with zero attached hydrogens (tertiary/aromatic N) is 3. The minimum atomic E-state index is -0.410. The van der Waals surface area contributed by atoms with Crippen molar-refractivity contribution in [2.45, 2.75) is 51.3 Å². The number of rotatable bonds is 3. The number of hydrogen-bond acceptors (Lipinski definition) is 5. The van der Waals surface area contributed by atoms with E-state index >= 15 is 0 Å². The number of nitrogens with one attached hydrogen (secondary N) is 2. The van der Waals surface area contributed by atoms with E-state index in [4.69, 9.17) is 4.74 Å². The average Bonchev–Trinajstić information content (AvgIpc) is 2.77. The van der Waals surface area contributed by atoms with E-state index in [1.165, 1.54) is 12.8 Å². The van der Waals surface area contributed by atoms with Crippen LogP contribution < -0.4 is 10.6 Å². The van der Waals surface area contributed by atoms with Crippen molar-refractivity contribution < 1.29 is 9.53 Å². The Morgan fingerprint density at radius 1 is 1.43 bits per heavy atom. The fourth-order valence-electron chi connectivity index (χ4n) is 2.93. The van der Waals surface area contributed by atoms with Crippen LogP contribution in [0.5, 0.6) is 0 Å². The molecule has 0 saturated carbocycles. The molecular formula is C14H23N5O2. The lowest BCUT2D eigenvalue weighted by Crippen LogP contribution is -2.48. The minimum absolute atomic E-state index is 0.0827. The van der Waals surface area contributed by atoms with Gasteiger partial charge in [-0.15, -0.1) is 10.2 Å². The normalized spacial score (nSPS) is 24.0. The van der Waals surface area contributed by atoms with Gasteiger partial charge in [0.2, 0.25) is 0 Å². The van der Waals surface area contributed by atoms with Crippen LogP contribution in [0.15, 0.2) is 0 Å². The summed E-state index contributed by atoms with van der Waals surface area (Å²) in [4.78, 5) is 12.2. The molecule has 3 rings (SSSR count). The average molecular weight is 293 g/mol. The van der Waals surface area contributed by atoms with Gasteiger partial charge in [0.25, 0.3) is 5.91 Å². The van der Waals surface area contributed by atoms with E-state index in [0.29, 0.717) is 13.2 Å². The first-order valence-corrected chi connectivity index (χ1v) is 7.80. The van der Waals surface area contributed by atoms with Crippen LogP contribution >= 0.6 is 0 Å². The molecule has 2 N–H and O–H groups in total. The number of aromatic nitrogens is 3. The molecule has 1 aromatic rings. The van der Waals surface area contributed by atoms with Crippen molar-refractivity contribution in [1.82, 2.24) is 25.4 Å². The van der Waals surface area contributed by atoms with Gasteiger partial charge in [0.05, 0.1) is 12.6 Å². The second-order valence-corrected chi connectivity index (χ2v) is 5.73. The highest BCUT2D eigenvalue weighted by Gasteiger charge is 2.26. The summed E-state index contributed by atoms with van der Waals surface area (Å²) in [6, 6.07) is -0.151. The van der Waals surface area contributed by atoms with Gasteiger partial charge in [-0.05, 0) is 19.8 Å². The van der Waals surface area contributed by atoms with E-state index in [1.807, 2.05) is 6.92 Å². The number of ether oxygens (including phenoxy) is 1. The molecule has 7 heteroatoms. The first-order valence-electron chi connectivity index (χ1n) is 7.80. The molecule has 7 nitrogen and oxygen atoms in total. The second-order valence-electron chi connectivity index (χ2n) is 5.73. The topological polar surface area (TPSA) is 81.1 Å². The summed E-state index contributed by atoms with van der Waals surface area (Å²) in [7, 11) is 0. The van der Waals surface area contributed by atoms with Crippen LogP contribution in [0.25, 0.3) is 0 Å². The van der Waals surface area contributed by atoms with E-state index in [2.05, 4.69) is 25.4 Å². The van der Waals surface area contributed by atoms with Gasteiger partial charge in [-0.2, -0.15) is 0 Å². The van der Waals surface area contributed by atoms with E-state index < -0.39 is 6.10 Å². The number of fused-ring (bicyclic) bond motifs is 1. The van der Waals surface area contributed by atoms with Crippen LogP contribution in [0, 0.1) is 0 Å². The maximum Gasteiger partial charge on any atom is 0.251 e. The Morgan fingerprint density at radius 3 is 3.14 bits per heavy atom. The van der Waals surface area contributed by atoms with Gasteiger partial charge in [0, 0.05) is 26.1 Å². The smallest absolute Gasteiger partial charge is 0.251 e. The molecule has 1 aromatic heterocycles. The summed E-state index contributed by atoms with van der Waals surface area (Å²) in [6.45, 7) is 4.84. The molecule has 0 aliphatic carbocycles. The monoisotopic (exact) mass is 293 g/mol. The first kappa shape index (κ1) is 14.5. The Morgan fingerprint density at radius 2 is 2.33 bits per heavy atom. The molecule has 0 bridgehead atoms. The molecule has 1 saturated heterocycles. The Balaban J connectivity index is 1.66. The van der Waals surface area contributed by atoms with Crippen molar-refractivity contribution in [3.05, 3.63) is 11.6 Å². The summed E-state index contributed by atoms with van der Waals surface area (Å²) < 4.78 is 7.64. The van der Waals surface area contributed by atoms with Crippen molar-refractivity contribution in [1.29, 1.82) is 0 Å². The molecule has 116 valence electrons. The van der Waals surface area contributed by atoms with Crippen LogP contribution in [-0.2, 0) is 22.5 Å². The Hall–Kier alpha value is -1.47. The Kier molecular flexibility index (Phi) is 4.50. The van der Waals surface area contributed by atoms with Crippen LogP contribution in [0.2, 0.25) is 0 Å². The molecule has 0 aromatic carbocycles. The lowest BCUT2D eigenvalue weighted by molar-refractivity contribution is -0.135. The Labute approximate surface area is 124 Å². The molecule has 1 amide bonds. The van der Waals surface area contributed by atoms with Crippen molar-refractivity contribution in [2.75, 3.05) is 19.7 Å². The second kappa shape index (κ2) is 6.53. The van der Waals surface area contributed by atoms with Gasteiger partial charge in [0.15, 0.2) is 5.82 Å². The van der Waals surface area contributed by atoms with Crippen molar-refractivity contribution in [2.24, 2.45) is 0 Å². The third kappa shape index (κ3) is 3.24. The fraction of sp³-hybridized carbons (Fsp3) is 0.786. The molecule has 0 radical (unpaired) electrons. The largest absolute Gasteiger partial charge is 0.366 e. The summed E-state index contributed by atoms with van der Waals surface area (Å²) in [5.74, 6) is 1.81. The molecular weight excluding hydrogens is 270 g/mol. The van der Waals surface area contributed by atoms with Gasteiger partial charge >= 0.3 is 0 Å². The Bertz CT molecular complexity index is 496. The van der Waals surface area contributed by atoms with Crippen LogP contribution in [0.3, 0.4) is 0 Å². The standard InChI is InChI=1S/C14H23N5O2/c1-10(16-14(20)11-9-15-6-8-21-11)13-18-17-12-5-3-2-4-7-19(12)13/h10-11,15H,2-9H2,1H3,(H,16,20). The highest BCUT2D eigenvalue weighted by Crippen LogP contribution is 2.18. The van der Waals surface area contributed by atoms with Crippen LogP contribution in [-0.4, -0.2) is 46.5 Å². The number of carbonyl (C=O) groups excluding carboxylic acids is 1. The van der Waals surface area contributed by atoms with E-state index in [0.717, 1.165) is 37.6 Å². The molecule has 21 heavy (non-hydrogen) atoms. The minimum Gasteiger partial charge on any atom is -0.366 e. The highest BCUT2D eigenvalue weighted by molar-refractivity contribution is 5.81. The van der Waals surface area contributed by atoms with Gasteiger partial charge in [0.1, 0.15) is 11.9 Å². The summed E-state index contributed by atoms with van der Waals surface area (Å²) >= 11 is 0. The maximum absolute atomic E-state index is 12.2. The fourth-order valence-corrected chi connectivity index (χ4v) is 2.93. The lowest BCUT2D eigenvalue weighted by Gasteiger charge is -2.24. The molecule has 0 spiro atoms. The zero-order chi connectivity index (χ0) is 14.7. The highest BCUT2D eigenvalue weighted by atomic mass is 16.5. The van der Waals surface area contributed by atoms with Gasteiger partial charge in [-0.25, -0.2) is 0 Å². The van der Waals surface area contributed by atoms with Crippen molar-refractivity contribution in [3.63, 3.8) is 0 Å². The van der Waals surface area contributed by atoms with E-state index in [9.17, 15) is 4.79 Å². The summed E-state index contributed by atoms with van der Waals surface area (Å²) in [5.41, 5.74) is 0. The summed E-state index contributed by atoms with van der Waals surface area (Å²) in [5, 5.41) is 14.7. The van der Waals surface area contributed by atoms with Gasteiger partial charge in [-0.1, -0.05) is 6.42 Å². The lowest BCUT2D eigenvalue weighted by atomic mass is 10.2. The van der Waals surface area contributed by atoms with E-state index in [-0.39, 0.29) is 11.9 Å². The molecule has 1 fully saturated rings. The van der Waals surface area contributed by atoms with Gasteiger partial charge in [-0.3, -0.25) is 4.79 Å². The predicted molar refractivity (Wildman–Crippen MR) is 76.7 cm³/mol. The number of hydrogen-bond donors (Lipinski definition) is 2. The third-order valence-corrected chi connectivity index (χ3v) is 4.10. The SMILES string of the molecule is CC(NC(=O)C1CNCCO1)c1nnc2n1CCCCC2. The molecule has 2 aliphatic rings. The number of amides is 1. The van der Waals surface area contributed by atoms with Crippen molar-refractivity contribution >= 4 is 5.91 Å². The summed E-state index contributed by atoms with van der Waals surface area (Å²) in [6.07, 6.45) is 4.11. The number of aryl methyl sites for hydroxylation is 1. The van der Waals surface area contributed by atoms with Crippen molar-refractivity contribution in [3.8, 4) is 0 Å². The third-order valence-electron chi connectivity index (χ3n) is 4.10. The van der Waals surface area contributed by atoms with E-state index in [1.54, 1.807) is 0 Å².